The second kappa shape index (κ2) is 9.73. The van der Waals surface area contributed by atoms with Crippen molar-refractivity contribution in [2.75, 3.05) is 13.2 Å². The Morgan fingerprint density at radius 2 is 1.76 bits per heavy atom. The zero-order valence-electron chi connectivity index (χ0n) is 17.8. The van der Waals surface area contributed by atoms with E-state index >= 15 is 0 Å². The van der Waals surface area contributed by atoms with Gasteiger partial charge in [0.2, 0.25) is 5.91 Å². The number of thiophene rings is 1. The van der Waals surface area contributed by atoms with Crippen molar-refractivity contribution < 1.29 is 19.1 Å². The van der Waals surface area contributed by atoms with E-state index in [2.05, 4.69) is 10.6 Å². The summed E-state index contributed by atoms with van der Waals surface area (Å²) in [6.07, 6.45) is 0.812. The third-order valence-electron chi connectivity index (χ3n) is 4.70. The summed E-state index contributed by atoms with van der Waals surface area (Å²) in [7, 11) is 0. The molecule has 0 spiro atoms. The highest BCUT2D eigenvalue weighted by Crippen LogP contribution is 2.33. The van der Waals surface area contributed by atoms with Gasteiger partial charge in [-0.1, -0.05) is 6.92 Å². The summed E-state index contributed by atoms with van der Waals surface area (Å²) in [6, 6.07) is 3.29. The number of aryl methyl sites for hydroxylation is 3. The maximum atomic E-state index is 12.8. The van der Waals surface area contributed by atoms with Crippen LogP contribution in [0.25, 0.3) is 5.00 Å². The lowest BCUT2D eigenvalue weighted by atomic mass is 10.1. The number of amides is 2. The fourth-order valence-electron chi connectivity index (χ4n) is 2.95. The first kappa shape index (κ1) is 22.7. The smallest absolute Gasteiger partial charge is 0.341 e. The Morgan fingerprint density at radius 1 is 1.14 bits per heavy atom. The van der Waals surface area contributed by atoms with Gasteiger partial charge >= 0.3 is 5.97 Å². The first-order chi connectivity index (χ1) is 13.7. The maximum Gasteiger partial charge on any atom is 0.341 e. The van der Waals surface area contributed by atoms with Crippen LogP contribution in [0.15, 0.2) is 12.1 Å². The second-order valence-corrected chi connectivity index (χ2v) is 8.27. The van der Waals surface area contributed by atoms with E-state index in [1.54, 1.807) is 6.92 Å². The predicted molar refractivity (Wildman–Crippen MR) is 114 cm³/mol. The average Bonchev–Trinajstić information content (AvgIpc) is 3.15. The molecule has 7 nitrogen and oxygen atoms in total. The zero-order chi connectivity index (χ0) is 21.7. The fourth-order valence-corrected chi connectivity index (χ4v) is 4.21. The van der Waals surface area contributed by atoms with Gasteiger partial charge in [0.05, 0.1) is 5.56 Å². The monoisotopic (exact) mass is 419 g/mol. The molecule has 0 unspecified atom stereocenters. The number of rotatable bonds is 8. The van der Waals surface area contributed by atoms with Crippen molar-refractivity contribution in [2.45, 2.75) is 54.0 Å². The number of nitrogens with one attached hydrogen (secondary N) is 2. The van der Waals surface area contributed by atoms with Crippen molar-refractivity contribution in [3.8, 4) is 5.00 Å². The summed E-state index contributed by atoms with van der Waals surface area (Å²) in [6.45, 7) is 11.4. The van der Waals surface area contributed by atoms with Gasteiger partial charge in [-0.05, 0) is 58.7 Å². The SMILES string of the molecule is CCCNC(=O)[C@@H](C)NC(=O)COC(=O)c1c(-n2c(C)ccc2C)sc(C)c1C. The van der Waals surface area contributed by atoms with Crippen LogP contribution in [0, 0.1) is 27.7 Å². The highest BCUT2D eigenvalue weighted by Gasteiger charge is 2.24. The first-order valence-corrected chi connectivity index (χ1v) is 10.5. The number of nitrogens with zero attached hydrogens (tertiary/aromatic N) is 1. The minimum absolute atomic E-state index is 0.267. The summed E-state index contributed by atoms with van der Waals surface area (Å²) in [5, 5.41) is 6.04. The topological polar surface area (TPSA) is 89.4 Å². The summed E-state index contributed by atoms with van der Waals surface area (Å²) >= 11 is 1.52. The zero-order valence-corrected chi connectivity index (χ0v) is 18.7. The van der Waals surface area contributed by atoms with Crippen LogP contribution in [0.5, 0.6) is 0 Å². The van der Waals surface area contributed by atoms with Gasteiger partial charge in [0, 0.05) is 22.8 Å². The predicted octanol–water partition coefficient (Wildman–Crippen LogP) is 2.96. The molecule has 2 rings (SSSR count). The molecule has 2 aromatic rings. The molecule has 0 aliphatic carbocycles. The Morgan fingerprint density at radius 3 is 2.34 bits per heavy atom. The number of carbonyl (C=O) groups excluding carboxylic acids is 3. The van der Waals surface area contributed by atoms with E-state index in [9.17, 15) is 14.4 Å². The van der Waals surface area contributed by atoms with Crippen LogP contribution < -0.4 is 10.6 Å². The van der Waals surface area contributed by atoms with Gasteiger partial charge in [-0.2, -0.15) is 0 Å². The third-order valence-corrected chi connectivity index (χ3v) is 5.89. The Balaban J connectivity index is 2.08. The summed E-state index contributed by atoms with van der Waals surface area (Å²) in [4.78, 5) is 37.8. The minimum Gasteiger partial charge on any atom is -0.452 e. The molecule has 2 heterocycles. The highest BCUT2D eigenvalue weighted by molar-refractivity contribution is 7.15. The lowest BCUT2D eigenvalue weighted by Gasteiger charge is -2.14. The Labute approximate surface area is 175 Å². The van der Waals surface area contributed by atoms with E-state index < -0.39 is 24.5 Å². The quantitative estimate of drug-likeness (QED) is 0.644. The third kappa shape index (κ3) is 5.26. The van der Waals surface area contributed by atoms with Gasteiger partial charge < -0.3 is 19.9 Å². The van der Waals surface area contributed by atoms with Crippen LogP contribution in [-0.2, 0) is 14.3 Å². The number of aromatic nitrogens is 1. The number of ether oxygens (including phenoxy) is 1. The number of carbonyl (C=O) groups is 3. The summed E-state index contributed by atoms with van der Waals surface area (Å²) in [5.41, 5.74) is 3.34. The molecule has 0 bridgehead atoms. The molecule has 1 atom stereocenters. The van der Waals surface area contributed by atoms with Gasteiger partial charge in [0.1, 0.15) is 11.0 Å². The van der Waals surface area contributed by atoms with Crippen molar-refractivity contribution >= 4 is 29.1 Å². The molecule has 0 fully saturated rings. The van der Waals surface area contributed by atoms with Gasteiger partial charge in [-0.3, -0.25) is 9.59 Å². The number of esters is 1. The molecule has 8 heteroatoms. The van der Waals surface area contributed by atoms with Crippen LogP contribution in [0.1, 0.15) is 52.5 Å². The van der Waals surface area contributed by atoms with Gasteiger partial charge in [-0.25, -0.2) is 4.79 Å². The Hall–Kier alpha value is -2.61. The van der Waals surface area contributed by atoms with Crippen molar-refractivity contribution in [2.24, 2.45) is 0 Å². The minimum atomic E-state index is -0.696. The average molecular weight is 420 g/mol. The Kier molecular flexibility index (Phi) is 7.61. The van der Waals surface area contributed by atoms with E-state index in [1.807, 2.05) is 51.3 Å². The van der Waals surface area contributed by atoms with Crippen LogP contribution in [0.3, 0.4) is 0 Å². The lowest BCUT2D eigenvalue weighted by Crippen LogP contribution is -2.46. The maximum absolute atomic E-state index is 12.8. The molecule has 0 saturated heterocycles. The highest BCUT2D eigenvalue weighted by atomic mass is 32.1. The largest absolute Gasteiger partial charge is 0.452 e. The first-order valence-electron chi connectivity index (χ1n) is 9.66. The van der Waals surface area contributed by atoms with Crippen molar-refractivity contribution in [1.82, 2.24) is 15.2 Å². The summed E-state index contributed by atoms with van der Waals surface area (Å²) in [5.74, 6) is -1.33. The normalized spacial score (nSPS) is 11.8. The van der Waals surface area contributed by atoms with Gasteiger partial charge in [0.15, 0.2) is 6.61 Å². The molecule has 0 radical (unpaired) electrons. The molecule has 158 valence electrons. The van der Waals surface area contributed by atoms with Crippen molar-refractivity contribution in [3.63, 3.8) is 0 Å². The molecule has 0 aliphatic rings. The summed E-state index contributed by atoms with van der Waals surface area (Å²) < 4.78 is 7.29. The Bertz CT molecular complexity index is 894. The van der Waals surface area contributed by atoms with Crippen LogP contribution in [0.2, 0.25) is 0 Å². The van der Waals surface area contributed by atoms with E-state index in [-0.39, 0.29) is 5.91 Å². The molecular formula is C21H29N3O4S. The van der Waals surface area contributed by atoms with Crippen LogP contribution in [0.4, 0.5) is 0 Å². The lowest BCUT2D eigenvalue weighted by molar-refractivity contribution is -0.130. The van der Waals surface area contributed by atoms with E-state index in [0.717, 1.165) is 33.3 Å². The number of hydrogen-bond donors (Lipinski definition) is 2. The molecule has 29 heavy (non-hydrogen) atoms. The second-order valence-electron chi connectivity index (χ2n) is 7.07. The van der Waals surface area contributed by atoms with Crippen LogP contribution >= 0.6 is 11.3 Å². The van der Waals surface area contributed by atoms with E-state index in [0.29, 0.717) is 12.1 Å². The molecule has 0 aliphatic heterocycles. The molecule has 2 amide bonds. The molecular weight excluding hydrogens is 390 g/mol. The van der Waals surface area contributed by atoms with Crippen molar-refractivity contribution in [1.29, 1.82) is 0 Å². The van der Waals surface area contributed by atoms with Gasteiger partial charge in [-0.15, -0.1) is 11.3 Å². The molecule has 2 aromatic heterocycles. The molecule has 2 N–H and O–H groups in total. The standard InChI is InChI=1S/C21H29N3O4S/c1-7-10-22-19(26)15(5)23-17(25)11-28-21(27)18-14(4)16(6)29-20(18)24-12(2)8-9-13(24)3/h8-9,15H,7,10-11H2,1-6H3,(H,22,26)(H,23,25)/t15-/m1/s1. The molecule has 0 aromatic carbocycles. The van der Waals surface area contributed by atoms with Crippen LogP contribution in [-0.4, -0.2) is 41.5 Å². The van der Waals surface area contributed by atoms with E-state index in [4.69, 9.17) is 4.74 Å². The van der Waals surface area contributed by atoms with E-state index in [1.165, 1.54) is 11.3 Å². The van der Waals surface area contributed by atoms with Crippen molar-refractivity contribution in [3.05, 3.63) is 39.5 Å². The molecule has 0 saturated carbocycles. The number of hydrogen-bond acceptors (Lipinski definition) is 5. The fraction of sp³-hybridized carbons (Fsp3) is 0.476. The van der Waals surface area contributed by atoms with Gasteiger partial charge in [0.25, 0.3) is 5.91 Å².